The molecule has 0 aliphatic carbocycles. The number of carbonyl (C=O) groups is 1. The molecule has 1 saturated heterocycles. The number of aliphatic hydroxyl groups is 1. The highest BCUT2D eigenvalue weighted by Crippen LogP contribution is 2.24. The maximum absolute atomic E-state index is 12.4. The summed E-state index contributed by atoms with van der Waals surface area (Å²) in [5.74, 6) is 0.176. The maximum atomic E-state index is 12.4. The molecule has 1 unspecified atom stereocenters. The third kappa shape index (κ3) is 2.84. The van der Waals surface area contributed by atoms with E-state index in [0.29, 0.717) is 17.8 Å². The van der Waals surface area contributed by atoms with Crippen molar-refractivity contribution in [3.63, 3.8) is 0 Å². The van der Waals surface area contributed by atoms with Crippen LogP contribution in [0, 0.1) is 5.92 Å². The van der Waals surface area contributed by atoms with E-state index >= 15 is 0 Å². The largest absolute Gasteiger partial charge is 0.399 e. The summed E-state index contributed by atoms with van der Waals surface area (Å²) < 4.78 is 0.757. The fourth-order valence-electron chi connectivity index (χ4n) is 2.28. The first-order chi connectivity index (χ1) is 8.61. The molecule has 4 nitrogen and oxygen atoms in total. The fraction of sp³-hybridized carbons (Fsp3) is 0.462. The highest BCUT2D eigenvalue weighted by Gasteiger charge is 2.25. The van der Waals surface area contributed by atoms with E-state index < -0.39 is 0 Å². The summed E-state index contributed by atoms with van der Waals surface area (Å²) in [5, 5.41) is 9.19. The lowest BCUT2D eigenvalue weighted by molar-refractivity contribution is 0.0620. The number of anilines is 1. The minimum absolute atomic E-state index is 0.0210. The van der Waals surface area contributed by atoms with Crippen LogP contribution in [0.4, 0.5) is 5.69 Å². The van der Waals surface area contributed by atoms with Gasteiger partial charge in [-0.15, -0.1) is 0 Å². The van der Waals surface area contributed by atoms with Crippen molar-refractivity contribution in [2.45, 2.75) is 12.8 Å². The highest BCUT2D eigenvalue weighted by molar-refractivity contribution is 9.10. The Bertz CT molecular complexity index is 451. The van der Waals surface area contributed by atoms with Crippen molar-refractivity contribution in [2.24, 2.45) is 5.92 Å². The number of likely N-dealkylation sites (tertiary alicyclic amines) is 1. The van der Waals surface area contributed by atoms with Crippen LogP contribution in [0.3, 0.4) is 0 Å². The lowest BCUT2D eigenvalue weighted by Crippen LogP contribution is -2.41. The summed E-state index contributed by atoms with van der Waals surface area (Å²) in [6.45, 7) is 1.51. The van der Waals surface area contributed by atoms with Gasteiger partial charge in [0.15, 0.2) is 0 Å². The Morgan fingerprint density at radius 3 is 3.06 bits per heavy atom. The molecule has 1 amide bonds. The van der Waals surface area contributed by atoms with Gasteiger partial charge in [-0.1, -0.05) is 0 Å². The molecule has 1 heterocycles. The number of nitrogens with two attached hydrogens (primary N) is 1. The van der Waals surface area contributed by atoms with Crippen molar-refractivity contribution in [2.75, 3.05) is 25.4 Å². The number of aliphatic hydroxyl groups excluding tert-OH is 1. The lowest BCUT2D eigenvalue weighted by Gasteiger charge is -2.32. The number of rotatable bonds is 2. The van der Waals surface area contributed by atoms with Crippen LogP contribution in [-0.2, 0) is 0 Å². The molecule has 0 spiro atoms. The Morgan fingerprint density at radius 1 is 1.56 bits per heavy atom. The van der Waals surface area contributed by atoms with Crippen molar-refractivity contribution in [3.05, 3.63) is 28.2 Å². The van der Waals surface area contributed by atoms with Gasteiger partial charge in [0.05, 0.1) is 5.56 Å². The van der Waals surface area contributed by atoms with E-state index in [9.17, 15) is 9.90 Å². The van der Waals surface area contributed by atoms with Gasteiger partial charge in [-0.25, -0.2) is 0 Å². The number of piperidine rings is 1. The normalized spacial score (nSPS) is 19.9. The summed E-state index contributed by atoms with van der Waals surface area (Å²) >= 11 is 3.38. The standard InChI is InChI=1S/C13H17BrN2O2/c14-12-4-3-10(15)6-11(12)13(18)16-5-1-2-9(7-16)8-17/h3-4,6,9,17H,1-2,5,7-8,15H2. The van der Waals surface area contributed by atoms with Crippen LogP contribution >= 0.6 is 15.9 Å². The molecule has 0 saturated carbocycles. The van der Waals surface area contributed by atoms with Crippen LogP contribution in [0.15, 0.2) is 22.7 Å². The van der Waals surface area contributed by atoms with Crippen molar-refractivity contribution < 1.29 is 9.90 Å². The molecule has 2 rings (SSSR count). The molecule has 1 aliphatic heterocycles. The van der Waals surface area contributed by atoms with Crippen LogP contribution in [0.1, 0.15) is 23.2 Å². The van der Waals surface area contributed by atoms with Crippen molar-refractivity contribution in [1.82, 2.24) is 4.90 Å². The van der Waals surface area contributed by atoms with Gasteiger partial charge in [-0.3, -0.25) is 4.79 Å². The molecule has 98 valence electrons. The van der Waals surface area contributed by atoms with E-state index in [2.05, 4.69) is 15.9 Å². The van der Waals surface area contributed by atoms with Gasteiger partial charge in [0, 0.05) is 29.9 Å². The van der Waals surface area contributed by atoms with Crippen LogP contribution in [0.25, 0.3) is 0 Å². The smallest absolute Gasteiger partial charge is 0.255 e. The number of carbonyl (C=O) groups excluding carboxylic acids is 1. The van der Waals surface area contributed by atoms with Crippen LogP contribution < -0.4 is 5.73 Å². The predicted molar refractivity (Wildman–Crippen MR) is 74.3 cm³/mol. The van der Waals surface area contributed by atoms with Gasteiger partial charge in [0.25, 0.3) is 5.91 Å². The van der Waals surface area contributed by atoms with Gasteiger partial charge in [-0.2, -0.15) is 0 Å². The molecular formula is C13H17BrN2O2. The molecule has 1 aliphatic rings. The lowest BCUT2D eigenvalue weighted by atomic mass is 9.98. The van der Waals surface area contributed by atoms with Crippen molar-refractivity contribution in [1.29, 1.82) is 0 Å². The zero-order valence-corrected chi connectivity index (χ0v) is 11.7. The molecule has 0 aromatic heterocycles. The third-order valence-electron chi connectivity index (χ3n) is 3.29. The summed E-state index contributed by atoms with van der Waals surface area (Å²) in [6, 6.07) is 5.23. The fourth-order valence-corrected chi connectivity index (χ4v) is 2.69. The number of nitrogens with zero attached hydrogens (tertiary/aromatic N) is 1. The number of nitrogen functional groups attached to an aromatic ring is 1. The highest BCUT2D eigenvalue weighted by atomic mass is 79.9. The molecule has 0 bridgehead atoms. The van der Waals surface area contributed by atoms with E-state index in [4.69, 9.17) is 5.73 Å². The summed E-state index contributed by atoms with van der Waals surface area (Å²) in [6.07, 6.45) is 1.93. The predicted octanol–water partition coefficient (Wildman–Crippen LogP) is 1.88. The minimum Gasteiger partial charge on any atom is -0.399 e. The maximum Gasteiger partial charge on any atom is 0.255 e. The van der Waals surface area contributed by atoms with Crippen molar-refractivity contribution >= 4 is 27.5 Å². The van der Waals surface area contributed by atoms with E-state index in [-0.39, 0.29) is 18.4 Å². The molecule has 1 aromatic carbocycles. The molecular weight excluding hydrogens is 296 g/mol. The van der Waals surface area contributed by atoms with Crippen LogP contribution in [0.2, 0.25) is 0 Å². The average Bonchev–Trinajstić information content (AvgIpc) is 2.41. The third-order valence-corrected chi connectivity index (χ3v) is 3.98. The van der Waals surface area contributed by atoms with Crippen molar-refractivity contribution in [3.8, 4) is 0 Å². The molecule has 1 aromatic rings. The Balaban J connectivity index is 2.17. The van der Waals surface area contributed by atoms with Gasteiger partial charge in [-0.05, 0) is 52.9 Å². The Kier molecular flexibility index (Phi) is 4.24. The molecule has 3 N–H and O–H groups in total. The number of benzene rings is 1. The van der Waals surface area contributed by atoms with Gasteiger partial charge in [0.1, 0.15) is 0 Å². The quantitative estimate of drug-likeness (QED) is 0.819. The van der Waals surface area contributed by atoms with Gasteiger partial charge >= 0.3 is 0 Å². The second-order valence-electron chi connectivity index (χ2n) is 4.68. The molecule has 5 heteroatoms. The first-order valence-electron chi connectivity index (χ1n) is 6.07. The second kappa shape index (κ2) is 5.71. The first kappa shape index (κ1) is 13.4. The number of hydrogen-bond donors (Lipinski definition) is 2. The zero-order chi connectivity index (χ0) is 13.1. The molecule has 0 radical (unpaired) electrons. The van der Waals surface area contributed by atoms with E-state index in [1.165, 1.54) is 0 Å². The zero-order valence-electron chi connectivity index (χ0n) is 10.1. The van der Waals surface area contributed by atoms with Crippen LogP contribution in [-0.4, -0.2) is 35.6 Å². The molecule has 18 heavy (non-hydrogen) atoms. The SMILES string of the molecule is Nc1ccc(Br)c(C(=O)N2CCCC(CO)C2)c1. The van der Waals surface area contributed by atoms with Gasteiger partial charge < -0.3 is 15.7 Å². The number of hydrogen-bond acceptors (Lipinski definition) is 3. The van der Waals surface area contributed by atoms with Gasteiger partial charge in [0.2, 0.25) is 0 Å². The Labute approximate surface area is 115 Å². The van der Waals surface area contributed by atoms with E-state index in [1.807, 2.05) is 0 Å². The van der Waals surface area contributed by atoms with Crippen LogP contribution in [0.5, 0.6) is 0 Å². The minimum atomic E-state index is -0.0210. The summed E-state index contributed by atoms with van der Waals surface area (Å²) in [7, 11) is 0. The second-order valence-corrected chi connectivity index (χ2v) is 5.54. The first-order valence-corrected chi connectivity index (χ1v) is 6.86. The number of halogens is 1. The number of amides is 1. The molecule has 1 atom stereocenters. The topological polar surface area (TPSA) is 66.6 Å². The summed E-state index contributed by atoms with van der Waals surface area (Å²) in [5.41, 5.74) is 6.89. The van der Waals surface area contributed by atoms with E-state index in [1.54, 1.807) is 23.1 Å². The monoisotopic (exact) mass is 312 g/mol. The summed E-state index contributed by atoms with van der Waals surface area (Å²) in [4.78, 5) is 14.2. The molecule has 1 fully saturated rings. The Hall–Kier alpha value is -1.07. The Morgan fingerprint density at radius 2 is 2.33 bits per heavy atom. The van der Waals surface area contributed by atoms with E-state index in [0.717, 1.165) is 23.9 Å². The average molecular weight is 313 g/mol.